The van der Waals surface area contributed by atoms with E-state index in [9.17, 15) is 19.1 Å². The molecule has 1 fully saturated rings. The second-order valence-corrected chi connectivity index (χ2v) is 8.77. The first-order chi connectivity index (χ1) is 16.9. The number of ketones is 1. The van der Waals surface area contributed by atoms with Gasteiger partial charge in [0.2, 0.25) is 0 Å². The summed E-state index contributed by atoms with van der Waals surface area (Å²) in [4.78, 5) is 31.9. The third-order valence-electron chi connectivity index (χ3n) is 5.61. The van der Waals surface area contributed by atoms with Crippen molar-refractivity contribution in [2.75, 3.05) is 11.5 Å². The molecule has 176 valence electrons. The van der Waals surface area contributed by atoms with Crippen molar-refractivity contribution in [3.05, 3.63) is 95.1 Å². The Bertz CT molecular complexity index is 1510. The monoisotopic (exact) mass is 492 g/mol. The molecule has 1 atom stereocenters. The van der Waals surface area contributed by atoms with Gasteiger partial charge in [-0.2, -0.15) is 0 Å². The highest BCUT2D eigenvalue weighted by atomic mass is 32.1. The van der Waals surface area contributed by atoms with Gasteiger partial charge >= 0.3 is 5.91 Å². The Labute approximate surface area is 202 Å². The molecule has 0 bridgehead atoms. The van der Waals surface area contributed by atoms with Crippen molar-refractivity contribution in [1.82, 2.24) is 4.98 Å². The fourth-order valence-electron chi connectivity index (χ4n) is 4.07. The minimum absolute atomic E-state index is 0.0136. The smallest absolute Gasteiger partial charge is 0.301 e. The predicted molar refractivity (Wildman–Crippen MR) is 128 cm³/mol. The number of hydrogen-bond acceptors (Lipinski definition) is 6. The normalized spacial score (nSPS) is 17.3. The van der Waals surface area contributed by atoms with Crippen LogP contribution in [0.3, 0.4) is 0 Å². The summed E-state index contributed by atoms with van der Waals surface area (Å²) in [5.41, 5.74) is 0.394. The molecule has 2 heterocycles. The summed E-state index contributed by atoms with van der Waals surface area (Å²) in [6.45, 7) is 2.20. The number of benzene rings is 3. The number of aromatic nitrogens is 1. The van der Waals surface area contributed by atoms with Crippen molar-refractivity contribution in [2.24, 2.45) is 0 Å². The number of nitrogens with zero attached hydrogens (tertiary/aromatic N) is 2. The summed E-state index contributed by atoms with van der Waals surface area (Å²) in [7, 11) is 0. The molecule has 0 spiro atoms. The molecule has 5 rings (SSSR count). The summed E-state index contributed by atoms with van der Waals surface area (Å²) in [5.74, 6) is -3.10. The largest absolute Gasteiger partial charge is 0.507 e. The highest BCUT2D eigenvalue weighted by Gasteiger charge is 2.49. The van der Waals surface area contributed by atoms with Crippen LogP contribution in [0.25, 0.3) is 16.0 Å². The molecule has 1 saturated heterocycles. The quantitative estimate of drug-likeness (QED) is 0.223. The molecule has 1 amide bonds. The number of ether oxygens (including phenoxy) is 1. The third kappa shape index (κ3) is 3.93. The number of Topliss-reactive ketones (excluding diaryl/α,β-unsaturated/α-hetero) is 1. The van der Waals surface area contributed by atoms with Crippen molar-refractivity contribution < 1.29 is 28.2 Å². The number of fused-ring (bicyclic) bond motifs is 1. The van der Waals surface area contributed by atoms with Crippen molar-refractivity contribution >= 4 is 44.1 Å². The zero-order chi connectivity index (χ0) is 24.7. The topological polar surface area (TPSA) is 79.7 Å². The van der Waals surface area contributed by atoms with E-state index >= 15 is 4.39 Å². The fourth-order valence-corrected chi connectivity index (χ4v) is 5.08. The number of rotatable bonds is 5. The zero-order valence-electron chi connectivity index (χ0n) is 18.4. The Balaban J connectivity index is 1.73. The minimum atomic E-state index is -1.28. The van der Waals surface area contributed by atoms with E-state index in [2.05, 4.69) is 4.98 Å². The lowest BCUT2D eigenvalue weighted by Crippen LogP contribution is -2.29. The lowest BCUT2D eigenvalue weighted by atomic mass is 9.95. The second kappa shape index (κ2) is 8.92. The Hall–Kier alpha value is -4.11. The van der Waals surface area contributed by atoms with Crippen LogP contribution in [0.15, 0.2) is 72.3 Å². The number of carbonyl (C=O) groups is 2. The first kappa shape index (κ1) is 22.7. The highest BCUT2D eigenvalue weighted by Crippen LogP contribution is 2.45. The van der Waals surface area contributed by atoms with Gasteiger partial charge in [0.25, 0.3) is 5.78 Å². The van der Waals surface area contributed by atoms with Crippen LogP contribution in [0, 0.1) is 11.6 Å². The van der Waals surface area contributed by atoms with Crippen LogP contribution >= 0.6 is 11.3 Å². The van der Waals surface area contributed by atoms with E-state index in [0.29, 0.717) is 22.6 Å². The van der Waals surface area contributed by atoms with Crippen molar-refractivity contribution in [3.63, 3.8) is 0 Å². The number of amides is 1. The molecule has 1 aliphatic heterocycles. The molecule has 1 N–H and O–H groups in total. The third-order valence-corrected chi connectivity index (χ3v) is 6.63. The lowest BCUT2D eigenvalue weighted by Gasteiger charge is -2.23. The number of aliphatic hydroxyl groups is 1. The highest BCUT2D eigenvalue weighted by molar-refractivity contribution is 7.22. The van der Waals surface area contributed by atoms with E-state index in [1.165, 1.54) is 42.5 Å². The number of hydrogen-bond donors (Lipinski definition) is 1. The van der Waals surface area contributed by atoms with Crippen molar-refractivity contribution in [3.8, 4) is 5.75 Å². The van der Waals surface area contributed by atoms with Gasteiger partial charge in [-0.1, -0.05) is 41.7 Å². The van der Waals surface area contributed by atoms with E-state index in [4.69, 9.17) is 4.74 Å². The summed E-state index contributed by atoms with van der Waals surface area (Å²) < 4.78 is 34.7. The van der Waals surface area contributed by atoms with Gasteiger partial charge in [-0.25, -0.2) is 13.8 Å². The Morgan fingerprint density at radius 2 is 1.89 bits per heavy atom. The molecule has 9 heteroatoms. The molecule has 0 saturated carbocycles. The average Bonchev–Trinajstić information content (AvgIpc) is 3.37. The van der Waals surface area contributed by atoms with Gasteiger partial charge in [0.05, 0.1) is 22.4 Å². The van der Waals surface area contributed by atoms with E-state index < -0.39 is 35.1 Å². The van der Waals surface area contributed by atoms with Gasteiger partial charge in [0, 0.05) is 11.1 Å². The average molecular weight is 493 g/mol. The second-order valence-electron chi connectivity index (χ2n) is 7.76. The first-order valence-corrected chi connectivity index (χ1v) is 11.6. The van der Waals surface area contributed by atoms with Crippen LogP contribution in [0.1, 0.15) is 24.1 Å². The fraction of sp³-hybridized carbons (Fsp3) is 0.115. The molecule has 1 aromatic heterocycles. The molecule has 1 aliphatic rings. The van der Waals surface area contributed by atoms with Crippen LogP contribution in [0.5, 0.6) is 5.75 Å². The SMILES string of the molecule is CCOc1cccc(C(O)=C2C(=O)C(=O)N(c3nc4ccc(F)cc4s3)C2c2ccccc2F)c1. The van der Waals surface area contributed by atoms with Gasteiger partial charge in [-0.15, -0.1) is 0 Å². The number of carbonyl (C=O) groups excluding carboxylic acids is 2. The maximum absolute atomic E-state index is 15.0. The molecule has 35 heavy (non-hydrogen) atoms. The first-order valence-electron chi connectivity index (χ1n) is 10.7. The van der Waals surface area contributed by atoms with Crippen LogP contribution in [0.4, 0.5) is 13.9 Å². The summed E-state index contributed by atoms with van der Waals surface area (Å²) in [6.07, 6.45) is 0. The zero-order valence-corrected chi connectivity index (χ0v) is 19.2. The maximum atomic E-state index is 15.0. The summed E-state index contributed by atoms with van der Waals surface area (Å²) in [5, 5.41) is 11.3. The standard InChI is InChI=1S/C26H18F2N2O4S/c1-2-34-16-7-5-6-14(12-16)23(31)21-22(17-8-3-4-9-18(17)28)30(25(33)24(21)32)26-29-19-11-10-15(27)13-20(19)35-26/h3-13,22,31H,2H2,1H3. The van der Waals surface area contributed by atoms with E-state index in [1.807, 2.05) is 0 Å². The van der Waals surface area contributed by atoms with Crippen molar-refractivity contribution in [2.45, 2.75) is 13.0 Å². The molecule has 1 unspecified atom stereocenters. The number of thiazole rings is 1. The molecule has 4 aromatic rings. The van der Waals surface area contributed by atoms with E-state index in [1.54, 1.807) is 31.2 Å². The minimum Gasteiger partial charge on any atom is -0.507 e. The predicted octanol–water partition coefficient (Wildman–Crippen LogP) is 5.60. The van der Waals surface area contributed by atoms with Gasteiger partial charge in [0.1, 0.15) is 29.2 Å². The van der Waals surface area contributed by atoms with Gasteiger partial charge in [-0.3, -0.25) is 14.5 Å². The maximum Gasteiger partial charge on any atom is 0.301 e. The summed E-state index contributed by atoms with van der Waals surface area (Å²) in [6, 6.07) is 14.8. The summed E-state index contributed by atoms with van der Waals surface area (Å²) >= 11 is 0.992. The van der Waals surface area contributed by atoms with Crippen molar-refractivity contribution in [1.29, 1.82) is 0 Å². The van der Waals surface area contributed by atoms with Crippen LogP contribution in [-0.4, -0.2) is 28.4 Å². The Kier molecular flexibility index (Phi) is 5.78. The molecular weight excluding hydrogens is 474 g/mol. The van der Waals surface area contributed by atoms with Crippen LogP contribution in [-0.2, 0) is 9.59 Å². The van der Waals surface area contributed by atoms with Crippen LogP contribution < -0.4 is 9.64 Å². The van der Waals surface area contributed by atoms with Gasteiger partial charge in [0.15, 0.2) is 5.13 Å². The van der Waals surface area contributed by atoms with E-state index in [-0.39, 0.29) is 21.8 Å². The Morgan fingerprint density at radius 1 is 1.09 bits per heavy atom. The van der Waals surface area contributed by atoms with Gasteiger partial charge in [-0.05, 0) is 43.3 Å². The molecule has 0 aliphatic carbocycles. The molecule has 6 nitrogen and oxygen atoms in total. The van der Waals surface area contributed by atoms with E-state index in [0.717, 1.165) is 16.2 Å². The molecule has 3 aromatic carbocycles. The molecule has 0 radical (unpaired) electrons. The molecular formula is C26H18F2N2O4S. The lowest BCUT2D eigenvalue weighted by molar-refractivity contribution is -0.132. The van der Waals surface area contributed by atoms with Crippen LogP contribution in [0.2, 0.25) is 0 Å². The van der Waals surface area contributed by atoms with Gasteiger partial charge < -0.3 is 9.84 Å². The number of halogens is 2. The number of anilines is 1. The Morgan fingerprint density at radius 3 is 2.66 bits per heavy atom. The number of aliphatic hydroxyl groups excluding tert-OH is 1.